The van der Waals surface area contributed by atoms with E-state index in [1.54, 1.807) is 0 Å². The molecule has 0 saturated heterocycles. The van der Waals surface area contributed by atoms with Crippen molar-refractivity contribution in [3.05, 3.63) is 28.8 Å². The first kappa shape index (κ1) is 16.3. The van der Waals surface area contributed by atoms with Crippen molar-refractivity contribution in [3.8, 4) is 0 Å². The number of nitrogen functional groups attached to an aromatic ring is 1. The Balaban J connectivity index is 2.70. The number of anilines is 1. The standard InChI is InChI=1S/C14H19ClN2O3/c1-8(12(18)17-14(2,3)4)20-13(19)9-5-6-11(16)10(15)7-9/h5-8H,16H2,1-4H3,(H,17,18). The molecule has 6 heteroatoms. The number of hydrogen-bond donors (Lipinski definition) is 2. The Labute approximate surface area is 123 Å². The van der Waals surface area contributed by atoms with E-state index in [-0.39, 0.29) is 22.0 Å². The maximum Gasteiger partial charge on any atom is 0.338 e. The molecule has 1 amide bonds. The van der Waals surface area contributed by atoms with Crippen molar-refractivity contribution < 1.29 is 14.3 Å². The minimum atomic E-state index is -0.891. The van der Waals surface area contributed by atoms with Crippen molar-refractivity contribution >= 4 is 29.2 Å². The zero-order valence-electron chi connectivity index (χ0n) is 12.0. The maximum atomic E-state index is 11.9. The second-order valence-corrected chi connectivity index (χ2v) is 5.93. The van der Waals surface area contributed by atoms with E-state index in [1.165, 1.54) is 25.1 Å². The molecule has 110 valence electrons. The first-order chi connectivity index (χ1) is 9.10. The van der Waals surface area contributed by atoms with Gasteiger partial charge in [0.15, 0.2) is 6.10 Å². The van der Waals surface area contributed by atoms with Crippen LogP contribution in [0.5, 0.6) is 0 Å². The molecule has 0 saturated carbocycles. The molecular weight excluding hydrogens is 280 g/mol. The summed E-state index contributed by atoms with van der Waals surface area (Å²) in [6.07, 6.45) is -0.891. The molecular formula is C14H19ClN2O3. The molecule has 0 spiro atoms. The van der Waals surface area contributed by atoms with E-state index in [0.717, 1.165) is 0 Å². The van der Waals surface area contributed by atoms with Crippen molar-refractivity contribution in [2.75, 3.05) is 5.73 Å². The summed E-state index contributed by atoms with van der Waals surface area (Å²) in [5.74, 6) is -0.976. The van der Waals surface area contributed by atoms with Crippen LogP contribution in [-0.4, -0.2) is 23.5 Å². The summed E-state index contributed by atoms with van der Waals surface area (Å²) in [7, 11) is 0. The van der Waals surface area contributed by atoms with Crippen molar-refractivity contribution in [1.82, 2.24) is 5.32 Å². The van der Waals surface area contributed by atoms with Crippen LogP contribution in [0.15, 0.2) is 18.2 Å². The Morgan fingerprint density at radius 3 is 2.45 bits per heavy atom. The number of nitrogens with two attached hydrogens (primary N) is 1. The van der Waals surface area contributed by atoms with Gasteiger partial charge in [0.05, 0.1) is 16.3 Å². The van der Waals surface area contributed by atoms with Gasteiger partial charge in [-0.3, -0.25) is 4.79 Å². The van der Waals surface area contributed by atoms with Crippen LogP contribution < -0.4 is 11.1 Å². The molecule has 1 atom stereocenters. The Kier molecular flexibility index (Phi) is 5.00. The maximum absolute atomic E-state index is 11.9. The third kappa shape index (κ3) is 4.74. The zero-order chi connectivity index (χ0) is 15.5. The van der Waals surface area contributed by atoms with E-state index >= 15 is 0 Å². The van der Waals surface area contributed by atoms with Crippen LogP contribution in [0.1, 0.15) is 38.1 Å². The largest absolute Gasteiger partial charge is 0.449 e. The second kappa shape index (κ2) is 6.13. The van der Waals surface area contributed by atoms with Crippen molar-refractivity contribution in [2.45, 2.75) is 39.3 Å². The molecule has 0 aliphatic heterocycles. The second-order valence-electron chi connectivity index (χ2n) is 5.52. The number of esters is 1. The first-order valence-corrected chi connectivity index (χ1v) is 6.56. The number of carbonyl (C=O) groups is 2. The number of benzene rings is 1. The number of ether oxygens (including phenoxy) is 1. The highest BCUT2D eigenvalue weighted by Crippen LogP contribution is 2.20. The van der Waals surface area contributed by atoms with Crippen LogP contribution in [-0.2, 0) is 9.53 Å². The van der Waals surface area contributed by atoms with E-state index < -0.39 is 12.1 Å². The minimum absolute atomic E-state index is 0.250. The van der Waals surface area contributed by atoms with E-state index in [1.807, 2.05) is 20.8 Å². The van der Waals surface area contributed by atoms with Gasteiger partial charge in [-0.1, -0.05) is 11.6 Å². The van der Waals surface area contributed by atoms with E-state index in [0.29, 0.717) is 5.69 Å². The Hall–Kier alpha value is -1.75. The summed E-state index contributed by atoms with van der Waals surface area (Å²) in [5.41, 5.74) is 5.80. The molecule has 0 aliphatic carbocycles. The summed E-state index contributed by atoms with van der Waals surface area (Å²) in [6.45, 7) is 7.05. The lowest BCUT2D eigenvalue weighted by molar-refractivity contribution is -0.130. The van der Waals surface area contributed by atoms with Crippen LogP contribution in [0, 0.1) is 0 Å². The molecule has 0 aliphatic rings. The van der Waals surface area contributed by atoms with Gasteiger partial charge in [-0.2, -0.15) is 0 Å². The van der Waals surface area contributed by atoms with Gasteiger partial charge < -0.3 is 15.8 Å². The summed E-state index contributed by atoms with van der Waals surface area (Å²) in [5, 5.41) is 3.00. The van der Waals surface area contributed by atoms with Crippen LogP contribution in [0.4, 0.5) is 5.69 Å². The van der Waals surface area contributed by atoms with Crippen LogP contribution in [0.2, 0.25) is 5.02 Å². The molecule has 1 aromatic carbocycles. The summed E-state index contributed by atoms with van der Waals surface area (Å²) >= 11 is 5.83. The molecule has 3 N–H and O–H groups in total. The Morgan fingerprint density at radius 1 is 1.35 bits per heavy atom. The average molecular weight is 299 g/mol. The molecule has 20 heavy (non-hydrogen) atoms. The summed E-state index contributed by atoms with van der Waals surface area (Å²) in [4.78, 5) is 23.7. The number of nitrogens with one attached hydrogen (secondary N) is 1. The molecule has 5 nitrogen and oxygen atoms in total. The first-order valence-electron chi connectivity index (χ1n) is 6.18. The molecule has 0 radical (unpaired) electrons. The summed E-state index contributed by atoms with van der Waals surface area (Å²) < 4.78 is 5.09. The van der Waals surface area contributed by atoms with E-state index in [9.17, 15) is 9.59 Å². The third-order valence-corrected chi connectivity index (χ3v) is 2.71. The lowest BCUT2D eigenvalue weighted by atomic mass is 10.1. The lowest BCUT2D eigenvalue weighted by Crippen LogP contribution is -2.46. The normalized spacial score (nSPS) is 12.7. The fourth-order valence-electron chi connectivity index (χ4n) is 1.41. The fourth-order valence-corrected chi connectivity index (χ4v) is 1.59. The van der Waals surface area contributed by atoms with Gasteiger partial charge in [0.1, 0.15) is 0 Å². The van der Waals surface area contributed by atoms with Crippen LogP contribution in [0.25, 0.3) is 0 Å². The molecule has 1 aromatic rings. The third-order valence-electron chi connectivity index (χ3n) is 2.39. The highest BCUT2D eigenvalue weighted by atomic mass is 35.5. The predicted molar refractivity (Wildman–Crippen MR) is 78.6 cm³/mol. The van der Waals surface area contributed by atoms with Gasteiger partial charge in [-0.15, -0.1) is 0 Å². The molecule has 1 rings (SSSR count). The van der Waals surface area contributed by atoms with Crippen molar-refractivity contribution in [2.24, 2.45) is 0 Å². The number of amides is 1. The van der Waals surface area contributed by atoms with Crippen molar-refractivity contribution in [3.63, 3.8) is 0 Å². The summed E-state index contributed by atoms with van der Waals surface area (Å²) in [6, 6.07) is 4.42. The Bertz CT molecular complexity index is 524. The molecule has 1 unspecified atom stereocenters. The molecule has 0 aromatic heterocycles. The van der Waals surface area contributed by atoms with Gasteiger partial charge in [0.25, 0.3) is 5.91 Å². The Morgan fingerprint density at radius 2 is 1.95 bits per heavy atom. The van der Waals surface area contributed by atoms with Gasteiger partial charge >= 0.3 is 5.97 Å². The molecule has 0 fully saturated rings. The number of hydrogen-bond acceptors (Lipinski definition) is 4. The predicted octanol–water partition coefficient (Wildman–Crippen LogP) is 2.38. The van der Waals surface area contributed by atoms with Gasteiger partial charge in [-0.25, -0.2) is 4.79 Å². The lowest BCUT2D eigenvalue weighted by Gasteiger charge is -2.23. The SMILES string of the molecule is CC(OC(=O)c1ccc(N)c(Cl)c1)C(=O)NC(C)(C)C. The van der Waals surface area contributed by atoms with Crippen molar-refractivity contribution in [1.29, 1.82) is 0 Å². The number of carbonyl (C=O) groups excluding carboxylic acids is 2. The highest BCUT2D eigenvalue weighted by Gasteiger charge is 2.23. The van der Waals surface area contributed by atoms with E-state index in [2.05, 4.69) is 5.32 Å². The topological polar surface area (TPSA) is 81.4 Å². The fraction of sp³-hybridized carbons (Fsp3) is 0.429. The van der Waals surface area contributed by atoms with E-state index in [4.69, 9.17) is 22.1 Å². The smallest absolute Gasteiger partial charge is 0.338 e. The van der Waals surface area contributed by atoms with Gasteiger partial charge in [0, 0.05) is 5.54 Å². The van der Waals surface area contributed by atoms with Gasteiger partial charge in [0.2, 0.25) is 0 Å². The van der Waals surface area contributed by atoms with Crippen LogP contribution >= 0.6 is 11.6 Å². The molecule has 0 heterocycles. The number of halogens is 1. The monoisotopic (exact) mass is 298 g/mol. The minimum Gasteiger partial charge on any atom is -0.449 e. The van der Waals surface area contributed by atoms with Crippen LogP contribution in [0.3, 0.4) is 0 Å². The quantitative estimate of drug-likeness (QED) is 0.663. The average Bonchev–Trinajstić information content (AvgIpc) is 2.30. The highest BCUT2D eigenvalue weighted by molar-refractivity contribution is 6.33. The number of rotatable bonds is 3. The molecule has 0 bridgehead atoms. The van der Waals surface area contributed by atoms with Gasteiger partial charge in [-0.05, 0) is 45.9 Å². The zero-order valence-corrected chi connectivity index (χ0v) is 12.7.